The number of hydrogen-bond donors (Lipinski definition) is 1. The van der Waals surface area contributed by atoms with E-state index in [0.29, 0.717) is 0 Å². The maximum atomic E-state index is 10.6. The molecule has 17 heavy (non-hydrogen) atoms. The molecule has 2 aromatic rings. The average Bonchev–Trinajstić information content (AvgIpc) is 2.86. The molecule has 1 N–H and O–H groups in total. The van der Waals surface area contributed by atoms with Crippen molar-refractivity contribution in [3.8, 4) is 0 Å². The monoisotopic (exact) mass is 268 g/mol. The van der Waals surface area contributed by atoms with Crippen LogP contribution in [0.4, 0.5) is 0 Å². The normalized spacial score (nSPS) is 10.6. The van der Waals surface area contributed by atoms with Crippen LogP contribution in [0.15, 0.2) is 28.9 Å². The van der Waals surface area contributed by atoms with Gasteiger partial charge in [0.05, 0.1) is 18.0 Å². The first kappa shape index (κ1) is 12.2. The summed E-state index contributed by atoms with van der Waals surface area (Å²) in [4.78, 5) is 16.1. The number of hydrogen-bond acceptors (Lipinski definition) is 4. The van der Waals surface area contributed by atoms with Crippen molar-refractivity contribution in [2.75, 3.05) is 5.75 Å². The van der Waals surface area contributed by atoms with E-state index in [0.717, 1.165) is 17.4 Å². The fourth-order valence-electron chi connectivity index (χ4n) is 1.45. The minimum Gasteiger partial charge on any atom is -0.481 e. The third kappa shape index (κ3) is 3.34. The maximum absolute atomic E-state index is 10.6. The molecule has 0 aliphatic heterocycles. The topological polar surface area (TPSA) is 55.1 Å². The Kier molecular flexibility index (Phi) is 3.86. The average molecular weight is 268 g/mol. The third-order valence-electron chi connectivity index (χ3n) is 2.09. The van der Waals surface area contributed by atoms with Crippen LogP contribution in [0, 0.1) is 6.92 Å². The van der Waals surface area contributed by atoms with Crippen molar-refractivity contribution in [3.05, 3.63) is 34.3 Å². The molecule has 4 nitrogen and oxygen atoms in total. The van der Waals surface area contributed by atoms with Gasteiger partial charge in [-0.15, -0.1) is 11.3 Å². The number of aromatic nitrogens is 2. The van der Waals surface area contributed by atoms with E-state index in [1.807, 2.05) is 29.1 Å². The maximum Gasteiger partial charge on any atom is 0.313 e. The second-order valence-corrected chi connectivity index (χ2v) is 5.53. The van der Waals surface area contributed by atoms with Crippen molar-refractivity contribution >= 4 is 29.1 Å². The zero-order chi connectivity index (χ0) is 12.3. The molecule has 2 aromatic heterocycles. The van der Waals surface area contributed by atoms with Crippen molar-refractivity contribution in [2.24, 2.45) is 0 Å². The number of carbonyl (C=O) groups is 1. The van der Waals surface area contributed by atoms with Crippen LogP contribution in [0.5, 0.6) is 0 Å². The molecule has 0 amide bonds. The number of aryl methyl sites for hydroxylation is 1. The number of carboxylic acid groups (broad SMARTS) is 1. The van der Waals surface area contributed by atoms with Gasteiger partial charge in [-0.1, -0.05) is 17.8 Å². The first-order valence-corrected chi connectivity index (χ1v) is 6.92. The van der Waals surface area contributed by atoms with Gasteiger partial charge in [0, 0.05) is 11.1 Å². The lowest BCUT2D eigenvalue weighted by Gasteiger charge is -2.04. The largest absolute Gasteiger partial charge is 0.481 e. The van der Waals surface area contributed by atoms with Gasteiger partial charge in [-0.25, -0.2) is 4.98 Å². The van der Waals surface area contributed by atoms with Crippen molar-refractivity contribution < 1.29 is 9.90 Å². The Balaban J connectivity index is 2.12. The highest BCUT2D eigenvalue weighted by Crippen LogP contribution is 2.20. The molecule has 2 rings (SSSR count). The fraction of sp³-hybridized carbons (Fsp3) is 0.273. The highest BCUT2D eigenvalue weighted by molar-refractivity contribution is 7.99. The van der Waals surface area contributed by atoms with Crippen molar-refractivity contribution in [3.63, 3.8) is 0 Å². The Morgan fingerprint density at radius 2 is 2.47 bits per heavy atom. The van der Waals surface area contributed by atoms with Crippen LogP contribution >= 0.6 is 23.1 Å². The Bertz CT molecular complexity index is 506. The van der Waals surface area contributed by atoms with Gasteiger partial charge in [0.15, 0.2) is 5.16 Å². The first-order valence-electron chi connectivity index (χ1n) is 5.06. The van der Waals surface area contributed by atoms with Gasteiger partial charge in [-0.3, -0.25) is 4.79 Å². The van der Waals surface area contributed by atoms with Gasteiger partial charge in [0.2, 0.25) is 0 Å². The lowest BCUT2D eigenvalue weighted by atomic mass is 10.4. The SMILES string of the molecule is Cc1cn(Cc2cccs2)c(SCC(=O)O)n1. The molecule has 2 heterocycles. The van der Waals surface area contributed by atoms with Gasteiger partial charge in [0.25, 0.3) is 0 Å². The Morgan fingerprint density at radius 3 is 3.12 bits per heavy atom. The lowest BCUT2D eigenvalue weighted by molar-refractivity contribution is -0.133. The summed E-state index contributed by atoms with van der Waals surface area (Å²) in [5.74, 6) is -0.778. The zero-order valence-corrected chi connectivity index (χ0v) is 10.9. The Hall–Kier alpha value is -1.27. The molecule has 0 fully saturated rings. The molecule has 6 heteroatoms. The molecule has 0 bridgehead atoms. The molecule has 0 unspecified atom stereocenters. The second kappa shape index (κ2) is 5.37. The minimum atomic E-state index is -0.821. The quantitative estimate of drug-likeness (QED) is 0.846. The summed E-state index contributed by atoms with van der Waals surface area (Å²) in [6, 6.07) is 4.07. The fourth-order valence-corrected chi connectivity index (χ4v) is 2.90. The van der Waals surface area contributed by atoms with Crippen LogP contribution in [0.2, 0.25) is 0 Å². The van der Waals surface area contributed by atoms with E-state index in [9.17, 15) is 4.79 Å². The Labute approximate surface area is 107 Å². The van der Waals surface area contributed by atoms with Crippen LogP contribution in [-0.2, 0) is 11.3 Å². The van der Waals surface area contributed by atoms with E-state index in [4.69, 9.17) is 5.11 Å². The van der Waals surface area contributed by atoms with E-state index >= 15 is 0 Å². The molecule has 90 valence electrons. The summed E-state index contributed by atoms with van der Waals surface area (Å²) >= 11 is 2.94. The number of aliphatic carboxylic acids is 1. The number of nitrogens with zero attached hydrogens (tertiary/aromatic N) is 2. The molecular formula is C11H12N2O2S2. The number of imidazole rings is 1. The van der Waals surface area contributed by atoms with Crippen LogP contribution in [0.3, 0.4) is 0 Å². The molecule has 0 aromatic carbocycles. The molecule has 0 spiro atoms. The standard InChI is InChI=1S/C11H12N2O2S2/c1-8-5-13(6-9-3-2-4-16-9)11(12-8)17-7-10(14)15/h2-5H,6-7H2,1H3,(H,14,15). The van der Waals surface area contributed by atoms with Crippen LogP contribution in [-0.4, -0.2) is 26.4 Å². The second-order valence-electron chi connectivity index (χ2n) is 3.55. The molecule has 0 aliphatic rings. The van der Waals surface area contributed by atoms with E-state index in [2.05, 4.69) is 11.1 Å². The van der Waals surface area contributed by atoms with Gasteiger partial charge < -0.3 is 9.67 Å². The van der Waals surface area contributed by atoms with Gasteiger partial charge in [-0.2, -0.15) is 0 Å². The van der Waals surface area contributed by atoms with E-state index in [1.54, 1.807) is 11.3 Å². The highest BCUT2D eigenvalue weighted by atomic mass is 32.2. The van der Waals surface area contributed by atoms with Crippen molar-refractivity contribution in [1.82, 2.24) is 9.55 Å². The molecule has 0 atom stereocenters. The predicted molar refractivity (Wildman–Crippen MR) is 68.7 cm³/mol. The summed E-state index contributed by atoms with van der Waals surface area (Å²) in [7, 11) is 0. The number of rotatable bonds is 5. The van der Waals surface area contributed by atoms with Gasteiger partial charge in [-0.05, 0) is 18.4 Å². The zero-order valence-electron chi connectivity index (χ0n) is 9.29. The van der Waals surface area contributed by atoms with Crippen LogP contribution < -0.4 is 0 Å². The summed E-state index contributed by atoms with van der Waals surface area (Å²) in [5, 5.41) is 11.5. The molecule has 0 saturated carbocycles. The van der Waals surface area contributed by atoms with E-state index < -0.39 is 5.97 Å². The third-order valence-corrected chi connectivity index (χ3v) is 3.93. The molecule has 0 aliphatic carbocycles. The number of thioether (sulfide) groups is 1. The van der Waals surface area contributed by atoms with Crippen LogP contribution in [0.25, 0.3) is 0 Å². The molecule has 0 saturated heterocycles. The Morgan fingerprint density at radius 1 is 1.65 bits per heavy atom. The van der Waals surface area contributed by atoms with Gasteiger partial charge in [0.1, 0.15) is 0 Å². The van der Waals surface area contributed by atoms with Crippen molar-refractivity contribution in [1.29, 1.82) is 0 Å². The predicted octanol–water partition coefficient (Wildman–Crippen LogP) is 2.48. The summed E-state index contributed by atoms with van der Waals surface area (Å²) in [6.45, 7) is 2.66. The lowest BCUT2D eigenvalue weighted by Crippen LogP contribution is -2.02. The smallest absolute Gasteiger partial charge is 0.313 e. The van der Waals surface area contributed by atoms with Crippen molar-refractivity contribution in [2.45, 2.75) is 18.6 Å². The highest BCUT2D eigenvalue weighted by Gasteiger charge is 2.09. The first-order chi connectivity index (χ1) is 8.15. The molecular weight excluding hydrogens is 256 g/mol. The van der Waals surface area contributed by atoms with Crippen LogP contribution in [0.1, 0.15) is 10.6 Å². The summed E-state index contributed by atoms with van der Waals surface area (Å²) in [5.41, 5.74) is 0.912. The number of carboxylic acids is 1. The number of thiophene rings is 1. The summed E-state index contributed by atoms with van der Waals surface area (Å²) in [6.07, 6.45) is 1.95. The van der Waals surface area contributed by atoms with E-state index in [1.165, 1.54) is 16.6 Å². The minimum absolute atomic E-state index is 0.0426. The molecule has 0 radical (unpaired) electrons. The van der Waals surface area contributed by atoms with E-state index in [-0.39, 0.29) is 5.75 Å². The van der Waals surface area contributed by atoms with Gasteiger partial charge >= 0.3 is 5.97 Å². The summed E-state index contributed by atoms with van der Waals surface area (Å²) < 4.78 is 1.99.